The molecule has 96 valence electrons. The minimum atomic E-state index is -1.04. The van der Waals surface area contributed by atoms with Crippen LogP contribution in [0.25, 0.3) is 0 Å². The summed E-state index contributed by atoms with van der Waals surface area (Å²) >= 11 is 0. The molecule has 1 aliphatic rings. The van der Waals surface area contributed by atoms with E-state index in [0.29, 0.717) is 24.5 Å². The molecule has 0 unspecified atom stereocenters. The van der Waals surface area contributed by atoms with Crippen LogP contribution in [0.4, 0.5) is 11.4 Å². The Kier molecular flexibility index (Phi) is 3.10. The molecule has 2 rings (SSSR count). The molecular formula is C12H15N3O3. The van der Waals surface area contributed by atoms with Crippen molar-refractivity contribution >= 4 is 23.3 Å². The van der Waals surface area contributed by atoms with Gasteiger partial charge in [-0.15, -0.1) is 0 Å². The van der Waals surface area contributed by atoms with Crippen LogP contribution < -0.4 is 10.6 Å². The zero-order valence-corrected chi connectivity index (χ0v) is 10.1. The molecule has 18 heavy (non-hydrogen) atoms. The summed E-state index contributed by atoms with van der Waals surface area (Å²) in [7, 11) is 1.73. The minimum absolute atomic E-state index is 0.0409. The van der Waals surface area contributed by atoms with Gasteiger partial charge in [-0.3, -0.25) is 4.79 Å². The Morgan fingerprint density at radius 1 is 1.39 bits per heavy atom. The fourth-order valence-corrected chi connectivity index (χ4v) is 2.04. The second-order valence-corrected chi connectivity index (χ2v) is 4.29. The van der Waals surface area contributed by atoms with Crippen molar-refractivity contribution in [2.45, 2.75) is 0 Å². The molecule has 1 saturated heterocycles. The summed E-state index contributed by atoms with van der Waals surface area (Å²) in [6.45, 7) is 1.30. The SMILES string of the molecule is CN1CCN(c2c(N)cccc2C(=O)O)CC1=O. The average Bonchev–Trinajstić information content (AvgIpc) is 2.32. The van der Waals surface area contributed by atoms with Gasteiger partial charge in [0.2, 0.25) is 5.91 Å². The van der Waals surface area contributed by atoms with E-state index < -0.39 is 5.97 Å². The first-order valence-corrected chi connectivity index (χ1v) is 5.61. The number of carboxylic acid groups (broad SMARTS) is 1. The second kappa shape index (κ2) is 4.56. The van der Waals surface area contributed by atoms with Crippen molar-refractivity contribution in [3.8, 4) is 0 Å². The summed E-state index contributed by atoms with van der Waals surface area (Å²) in [5.41, 5.74) is 6.79. The minimum Gasteiger partial charge on any atom is -0.478 e. The first-order valence-electron chi connectivity index (χ1n) is 5.61. The first-order chi connectivity index (χ1) is 8.50. The molecule has 0 saturated carbocycles. The third-order valence-electron chi connectivity index (χ3n) is 3.07. The van der Waals surface area contributed by atoms with E-state index in [1.54, 1.807) is 29.0 Å². The highest BCUT2D eigenvalue weighted by molar-refractivity contribution is 5.99. The summed E-state index contributed by atoms with van der Waals surface area (Å²) in [5, 5.41) is 9.16. The number of para-hydroxylation sites is 1. The maximum Gasteiger partial charge on any atom is 0.337 e. The van der Waals surface area contributed by atoms with Crippen LogP contribution in [0.2, 0.25) is 0 Å². The van der Waals surface area contributed by atoms with Crippen LogP contribution in [-0.4, -0.2) is 48.6 Å². The van der Waals surface area contributed by atoms with Gasteiger partial charge in [-0.25, -0.2) is 4.79 Å². The number of carbonyl (C=O) groups excluding carboxylic acids is 1. The summed E-state index contributed by atoms with van der Waals surface area (Å²) in [6, 6.07) is 4.74. The summed E-state index contributed by atoms with van der Waals surface area (Å²) in [5.74, 6) is -1.08. The molecule has 1 fully saturated rings. The van der Waals surface area contributed by atoms with Gasteiger partial charge in [-0.1, -0.05) is 6.07 Å². The Balaban J connectivity index is 2.39. The molecule has 1 amide bonds. The number of likely N-dealkylation sites (N-methyl/N-ethyl adjacent to an activating group) is 1. The van der Waals surface area contributed by atoms with Gasteiger partial charge in [0.05, 0.1) is 23.5 Å². The van der Waals surface area contributed by atoms with Crippen molar-refractivity contribution in [1.29, 1.82) is 0 Å². The zero-order valence-electron chi connectivity index (χ0n) is 10.1. The molecule has 1 aromatic rings. The number of anilines is 2. The molecule has 0 bridgehead atoms. The molecular weight excluding hydrogens is 234 g/mol. The number of nitrogens with zero attached hydrogens (tertiary/aromatic N) is 2. The Morgan fingerprint density at radius 2 is 2.11 bits per heavy atom. The Labute approximate surface area is 105 Å². The van der Waals surface area contributed by atoms with Gasteiger partial charge in [0.1, 0.15) is 0 Å². The number of carboxylic acids is 1. The van der Waals surface area contributed by atoms with Crippen LogP contribution in [0.5, 0.6) is 0 Å². The standard InChI is InChI=1S/C12H15N3O3/c1-14-5-6-15(7-10(14)16)11-8(12(17)18)3-2-4-9(11)13/h2-4H,5-7,13H2,1H3,(H,17,18). The summed E-state index contributed by atoms with van der Waals surface area (Å²) in [4.78, 5) is 26.2. The normalized spacial score (nSPS) is 15.9. The quantitative estimate of drug-likeness (QED) is 0.733. The van der Waals surface area contributed by atoms with Crippen LogP contribution >= 0.6 is 0 Å². The number of carbonyl (C=O) groups is 2. The molecule has 0 atom stereocenters. The topological polar surface area (TPSA) is 86.9 Å². The van der Waals surface area contributed by atoms with Gasteiger partial charge >= 0.3 is 5.97 Å². The largest absolute Gasteiger partial charge is 0.478 e. The average molecular weight is 249 g/mol. The Morgan fingerprint density at radius 3 is 2.72 bits per heavy atom. The van der Waals surface area contributed by atoms with Gasteiger partial charge < -0.3 is 20.6 Å². The van der Waals surface area contributed by atoms with E-state index in [1.165, 1.54) is 6.07 Å². The molecule has 3 N–H and O–H groups in total. The van der Waals surface area contributed by atoms with Crippen LogP contribution in [0.1, 0.15) is 10.4 Å². The van der Waals surface area contributed by atoms with Gasteiger partial charge in [0.25, 0.3) is 0 Å². The van der Waals surface area contributed by atoms with E-state index in [2.05, 4.69) is 0 Å². The van der Waals surface area contributed by atoms with E-state index in [9.17, 15) is 9.59 Å². The Bertz CT molecular complexity index is 501. The van der Waals surface area contributed by atoms with Gasteiger partial charge in [0, 0.05) is 20.1 Å². The fourth-order valence-electron chi connectivity index (χ4n) is 2.04. The number of nitrogens with two attached hydrogens (primary N) is 1. The lowest BCUT2D eigenvalue weighted by molar-refractivity contribution is -0.129. The number of aromatic carboxylic acids is 1. The van der Waals surface area contributed by atoms with Crippen LogP contribution in [-0.2, 0) is 4.79 Å². The summed E-state index contributed by atoms with van der Waals surface area (Å²) < 4.78 is 0. The van der Waals surface area contributed by atoms with E-state index in [0.717, 1.165) is 0 Å². The van der Waals surface area contributed by atoms with E-state index >= 15 is 0 Å². The van der Waals surface area contributed by atoms with Crippen LogP contribution in [0.15, 0.2) is 18.2 Å². The molecule has 1 aromatic carbocycles. The maximum atomic E-state index is 11.7. The molecule has 0 radical (unpaired) electrons. The highest BCUT2D eigenvalue weighted by Crippen LogP contribution is 2.28. The fraction of sp³-hybridized carbons (Fsp3) is 0.333. The smallest absolute Gasteiger partial charge is 0.337 e. The van der Waals surface area contributed by atoms with Gasteiger partial charge in [-0.05, 0) is 12.1 Å². The van der Waals surface area contributed by atoms with E-state index in [4.69, 9.17) is 10.8 Å². The van der Waals surface area contributed by atoms with Crippen molar-refractivity contribution in [3.05, 3.63) is 23.8 Å². The van der Waals surface area contributed by atoms with Gasteiger partial charge in [-0.2, -0.15) is 0 Å². The predicted molar refractivity (Wildman–Crippen MR) is 67.7 cm³/mol. The third kappa shape index (κ3) is 2.09. The molecule has 0 aromatic heterocycles. The summed E-state index contributed by atoms with van der Waals surface area (Å²) in [6.07, 6.45) is 0. The molecule has 1 heterocycles. The van der Waals surface area contributed by atoms with Crippen LogP contribution in [0, 0.1) is 0 Å². The highest BCUT2D eigenvalue weighted by atomic mass is 16.4. The number of benzene rings is 1. The van der Waals surface area contributed by atoms with Crippen molar-refractivity contribution in [2.24, 2.45) is 0 Å². The molecule has 0 aliphatic carbocycles. The maximum absolute atomic E-state index is 11.7. The Hall–Kier alpha value is -2.24. The molecule has 6 heteroatoms. The first kappa shape index (κ1) is 12.2. The van der Waals surface area contributed by atoms with Gasteiger partial charge in [0.15, 0.2) is 0 Å². The zero-order chi connectivity index (χ0) is 13.3. The lowest BCUT2D eigenvalue weighted by Gasteiger charge is -2.34. The van der Waals surface area contributed by atoms with E-state index in [-0.39, 0.29) is 18.0 Å². The number of rotatable bonds is 2. The van der Waals surface area contributed by atoms with Crippen molar-refractivity contribution in [1.82, 2.24) is 4.90 Å². The number of nitrogen functional groups attached to an aromatic ring is 1. The molecule has 0 spiro atoms. The highest BCUT2D eigenvalue weighted by Gasteiger charge is 2.25. The monoisotopic (exact) mass is 249 g/mol. The third-order valence-corrected chi connectivity index (χ3v) is 3.07. The van der Waals surface area contributed by atoms with E-state index in [1.807, 2.05) is 0 Å². The molecule has 1 aliphatic heterocycles. The van der Waals surface area contributed by atoms with Crippen molar-refractivity contribution in [2.75, 3.05) is 37.3 Å². The predicted octanol–water partition coefficient (Wildman–Crippen LogP) is 0.245. The molecule has 6 nitrogen and oxygen atoms in total. The number of amides is 1. The lowest BCUT2D eigenvalue weighted by atomic mass is 10.1. The number of hydrogen-bond donors (Lipinski definition) is 2. The van der Waals surface area contributed by atoms with Crippen LogP contribution in [0.3, 0.4) is 0 Å². The number of hydrogen-bond acceptors (Lipinski definition) is 4. The van der Waals surface area contributed by atoms with Crippen molar-refractivity contribution in [3.63, 3.8) is 0 Å². The number of piperazine rings is 1. The van der Waals surface area contributed by atoms with Crippen molar-refractivity contribution < 1.29 is 14.7 Å². The second-order valence-electron chi connectivity index (χ2n) is 4.29. The lowest BCUT2D eigenvalue weighted by Crippen LogP contribution is -2.49.